The van der Waals surface area contributed by atoms with E-state index in [1.54, 1.807) is 29.2 Å². The number of nitrogens with zero attached hydrogens (tertiary/aromatic N) is 3. The molecule has 2 aromatic carbocycles. The summed E-state index contributed by atoms with van der Waals surface area (Å²) in [5.74, 6) is -0.745. The number of amides is 3. The minimum Gasteiger partial charge on any atom is -0.469 e. The monoisotopic (exact) mass is 721 g/mol. The number of imidazole rings is 1. The normalized spacial score (nSPS) is 20.5. The summed E-state index contributed by atoms with van der Waals surface area (Å²) < 4.78 is 18.9. The Balaban J connectivity index is 1.36. The van der Waals surface area contributed by atoms with E-state index in [-0.39, 0.29) is 43.9 Å². The lowest BCUT2D eigenvalue weighted by Crippen LogP contribution is -2.43. The van der Waals surface area contributed by atoms with E-state index in [0.29, 0.717) is 77.9 Å². The average Bonchev–Trinajstić information content (AvgIpc) is 3.67. The first-order valence-electron chi connectivity index (χ1n) is 17.1. The number of hydrogen-bond donors (Lipinski definition) is 2. The van der Waals surface area contributed by atoms with Gasteiger partial charge in [-0.3, -0.25) is 19.7 Å². The lowest BCUT2D eigenvalue weighted by atomic mass is 9.90. The lowest BCUT2D eigenvalue weighted by molar-refractivity contribution is -0.139. The van der Waals surface area contributed by atoms with Gasteiger partial charge in [0, 0.05) is 56.4 Å². The summed E-state index contributed by atoms with van der Waals surface area (Å²) in [6.45, 7) is 8.23. The first-order chi connectivity index (χ1) is 23.8. The molecule has 1 aromatic heterocycles. The predicted molar refractivity (Wildman–Crippen MR) is 192 cm³/mol. The molecule has 6 rings (SSSR count). The zero-order valence-electron chi connectivity index (χ0n) is 29.0. The zero-order chi connectivity index (χ0) is 35.6. The van der Waals surface area contributed by atoms with Crippen LogP contribution in [-0.4, -0.2) is 73.2 Å². The molecule has 3 aliphatic heterocycles. The summed E-state index contributed by atoms with van der Waals surface area (Å²) in [5, 5.41) is 6.29. The lowest BCUT2D eigenvalue weighted by Gasteiger charge is -2.35. The van der Waals surface area contributed by atoms with Crippen molar-refractivity contribution in [1.82, 2.24) is 14.5 Å². The van der Waals surface area contributed by atoms with E-state index in [0.717, 1.165) is 11.6 Å². The minimum atomic E-state index is -1.35. The first kappa shape index (κ1) is 35.6. The van der Waals surface area contributed by atoms with Gasteiger partial charge in [0.05, 0.1) is 43.1 Å². The number of likely N-dealkylation sites (tertiary alicyclic amines) is 1. The molecule has 3 aliphatic rings. The molecule has 266 valence electrons. The number of anilines is 2. The van der Waals surface area contributed by atoms with Crippen molar-refractivity contribution in [1.29, 1.82) is 0 Å². The Bertz CT molecular complexity index is 1810. The van der Waals surface area contributed by atoms with E-state index in [1.807, 2.05) is 22.9 Å². The number of aromatic nitrogens is 2. The van der Waals surface area contributed by atoms with Crippen molar-refractivity contribution in [3.8, 4) is 11.3 Å². The standard InChI is InChI=1S/C36H44ClN5O7Si/c1-47-32(44)18-23-9-11-25-29(17-23)38-31(43)8-6-5-7-26(33-39-30(25)20-42(33)22-48-15-16-50(2,3)4)34(45)41-14-13-36(21-41)27-19-24(37)10-12-28(27)40-35(46)49-36/h9-12,17,19-20,26H,5-8,13-16,18,21-22H2,1-4H3,(H,38,43)(H,40,46)/t26?,36-/m0/s1. The number of ether oxygens (including phenoxy) is 3. The number of carbonyl (C=O) groups excluding carboxylic acids is 4. The molecule has 0 saturated carbocycles. The van der Waals surface area contributed by atoms with Crippen LogP contribution in [0.25, 0.3) is 11.3 Å². The second-order valence-electron chi connectivity index (χ2n) is 14.5. The van der Waals surface area contributed by atoms with Gasteiger partial charge in [0.1, 0.15) is 12.6 Å². The molecule has 3 amide bonds. The summed E-state index contributed by atoms with van der Waals surface area (Å²) in [6, 6.07) is 11.7. The van der Waals surface area contributed by atoms with Gasteiger partial charge in [0.2, 0.25) is 11.8 Å². The number of halogens is 1. The maximum Gasteiger partial charge on any atom is 0.412 e. The quantitative estimate of drug-likeness (QED) is 0.152. The summed E-state index contributed by atoms with van der Waals surface area (Å²) >= 11 is 6.37. The fourth-order valence-electron chi connectivity index (χ4n) is 6.82. The zero-order valence-corrected chi connectivity index (χ0v) is 30.7. The molecule has 12 nitrogen and oxygen atoms in total. The number of esters is 1. The van der Waals surface area contributed by atoms with Crippen LogP contribution in [0.4, 0.5) is 16.2 Å². The number of nitrogens with one attached hydrogen (secondary N) is 2. The van der Waals surface area contributed by atoms with Crippen LogP contribution in [-0.2, 0) is 47.3 Å². The highest BCUT2D eigenvalue weighted by atomic mass is 35.5. The summed E-state index contributed by atoms with van der Waals surface area (Å²) in [7, 11) is -0.0111. The summed E-state index contributed by atoms with van der Waals surface area (Å²) in [5.41, 5.74) is 2.79. The van der Waals surface area contributed by atoms with Crippen molar-refractivity contribution >= 4 is 54.9 Å². The van der Waals surface area contributed by atoms with Crippen molar-refractivity contribution in [3.63, 3.8) is 0 Å². The molecular weight excluding hydrogens is 678 g/mol. The van der Waals surface area contributed by atoms with Gasteiger partial charge in [-0.05, 0) is 48.7 Å². The molecule has 1 saturated heterocycles. The Morgan fingerprint density at radius 3 is 2.70 bits per heavy atom. The van der Waals surface area contributed by atoms with Crippen LogP contribution in [0.2, 0.25) is 30.7 Å². The van der Waals surface area contributed by atoms with Crippen LogP contribution < -0.4 is 10.6 Å². The number of fused-ring (bicyclic) bond motifs is 6. The topological polar surface area (TPSA) is 141 Å². The van der Waals surface area contributed by atoms with Crippen LogP contribution in [0.1, 0.15) is 55.0 Å². The molecular formula is C36H44ClN5O7Si. The van der Waals surface area contributed by atoms with E-state index in [9.17, 15) is 19.2 Å². The second kappa shape index (κ2) is 14.6. The molecule has 0 aliphatic carbocycles. The van der Waals surface area contributed by atoms with E-state index in [2.05, 4.69) is 30.3 Å². The van der Waals surface area contributed by atoms with Crippen LogP contribution >= 0.6 is 11.6 Å². The third-order valence-electron chi connectivity index (χ3n) is 9.54. The molecule has 2 bridgehead atoms. The Labute approximate surface area is 297 Å². The van der Waals surface area contributed by atoms with Gasteiger partial charge in [-0.1, -0.05) is 49.8 Å². The van der Waals surface area contributed by atoms with Crippen LogP contribution in [0.15, 0.2) is 42.6 Å². The van der Waals surface area contributed by atoms with Gasteiger partial charge in [-0.2, -0.15) is 0 Å². The molecule has 0 radical (unpaired) electrons. The van der Waals surface area contributed by atoms with Gasteiger partial charge in [-0.15, -0.1) is 0 Å². The molecule has 1 spiro atoms. The number of hydrogen-bond acceptors (Lipinski definition) is 8. The minimum absolute atomic E-state index is 0.0558. The van der Waals surface area contributed by atoms with Crippen molar-refractivity contribution in [2.75, 3.05) is 37.4 Å². The smallest absolute Gasteiger partial charge is 0.412 e. The van der Waals surface area contributed by atoms with E-state index < -0.39 is 25.7 Å². The number of rotatable bonds is 8. The molecule has 2 N–H and O–H groups in total. The predicted octanol–water partition coefficient (Wildman–Crippen LogP) is 6.52. The first-order valence-corrected chi connectivity index (χ1v) is 21.2. The Morgan fingerprint density at radius 1 is 1.10 bits per heavy atom. The highest BCUT2D eigenvalue weighted by Gasteiger charge is 2.49. The van der Waals surface area contributed by atoms with Gasteiger partial charge in [-0.25, -0.2) is 9.78 Å². The number of carbonyl (C=O) groups is 4. The number of methoxy groups -OCH3 is 1. The molecule has 1 unspecified atom stereocenters. The fraction of sp³-hybridized carbons (Fsp3) is 0.472. The van der Waals surface area contributed by atoms with Gasteiger partial charge in [0.25, 0.3) is 0 Å². The molecule has 3 aromatic rings. The molecule has 2 atom stereocenters. The third-order valence-corrected chi connectivity index (χ3v) is 11.5. The van der Waals surface area contributed by atoms with Gasteiger partial charge in [0.15, 0.2) is 5.60 Å². The average molecular weight is 722 g/mol. The maximum absolute atomic E-state index is 14.6. The Morgan fingerprint density at radius 2 is 1.92 bits per heavy atom. The van der Waals surface area contributed by atoms with Crippen LogP contribution in [0.5, 0.6) is 0 Å². The Kier molecular flexibility index (Phi) is 10.4. The van der Waals surface area contributed by atoms with Crippen molar-refractivity contribution < 1.29 is 33.4 Å². The third kappa shape index (κ3) is 7.90. The SMILES string of the molecule is COC(=O)Cc1ccc2c(c1)NC(=O)CCCCC(C(=O)N1CC[C@@]3(C1)OC(=O)Nc1ccc(Cl)cc13)c1nc-2cn1COCC[Si](C)(C)C. The summed E-state index contributed by atoms with van der Waals surface area (Å²) in [4.78, 5) is 59.3. The van der Waals surface area contributed by atoms with Crippen molar-refractivity contribution in [3.05, 3.63) is 64.6 Å². The molecule has 4 heterocycles. The molecule has 14 heteroatoms. The Hall–Kier alpha value is -4.20. The molecule has 50 heavy (non-hydrogen) atoms. The van der Waals surface area contributed by atoms with Gasteiger partial charge < -0.3 is 29.0 Å². The van der Waals surface area contributed by atoms with Crippen molar-refractivity contribution in [2.45, 2.75) is 82.5 Å². The number of benzene rings is 2. The maximum atomic E-state index is 14.6. The van der Waals surface area contributed by atoms with Crippen molar-refractivity contribution in [2.24, 2.45) is 0 Å². The fourth-order valence-corrected chi connectivity index (χ4v) is 7.75. The van der Waals surface area contributed by atoms with Crippen LogP contribution in [0, 0.1) is 0 Å². The highest BCUT2D eigenvalue weighted by Crippen LogP contribution is 2.45. The molecule has 1 fully saturated rings. The van der Waals surface area contributed by atoms with E-state index in [4.69, 9.17) is 30.8 Å². The van der Waals surface area contributed by atoms with E-state index >= 15 is 0 Å². The largest absolute Gasteiger partial charge is 0.469 e. The highest BCUT2D eigenvalue weighted by molar-refractivity contribution is 6.76. The van der Waals surface area contributed by atoms with E-state index in [1.165, 1.54) is 7.11 Å². The van der Waals surface area contributed by atoms with Crippen LogP contribution in [0.3, 0.4) is 0 Å². The van der Waals surface area contributed by atoms with Gasteiger partial charge >= 0.3 is 12.1 Å². The second-order valence-corrected chi connectivity index (χ2v) is 20.5. The summed E-state index contributed by atoms with van der Waals surface area (Å²) in [6.07, 6.45) is 3.68.